The van der Waals surface area contributed by atoms with Crippen LogP contribution in [0.4, 0.5) is 10.1 Å². The third-order valence-corrected chi connectivity index (χ3v) is 8.76. The predicted octanol–water partition coefficient (Wildman–Crippen LogP) is 6.07. The van der Waals surface area contributed by atoms with Crippen molar-refractivity contribution in [1.82, 2.24) is 10.2 Å². The van der Waals surface area contributed by atoms with E-state index in [2.05, 4.69) is 5.32 Å². The molecule has 44 heavy (non-hydrogen) atoms. The molecular formula is C34H36FN3O5S. The standard InChI is InChI=1S/C34H36FN3O5S/c1-4-22-36-34(40)26(3)37(23-27-12-14-28(35)15-13-27)33(39)24-38(44(41,42)32-20-10-25(2)11-21-32)29-16-18-31(19-17-29)43-30-8-6-5-7-9-30/h5-21,26H,4,22-24H2,1-3H3,(H,36,40)/t26-/m1/s1. The van der Waals surface area contributed by atoms with E-state index in [0.717, 1.165) is 9.87 Å². The van der Waals surface area contributed by atoms with E-state index in [-0.39, 0.29) is 23.0 Å². The van der Waals surface area contributed by atoms with Gasteiger partial charge in [0, 0.05) is 13.1 Å². The highest BCUT2D eigenvalue weighted by atomic mass is 32.2. The molecule has 10 heteroatoms. The number of nitrogens with one attached hydrogen (secondary N) is 1. The summed E-state index contributed by atoms with van der Waals surface area (Å²) in [4.78, 5) is 28.3. The number of hydrogen-bond acceptors (Lipinski definition) is 5. The fourth-order valence-corrected chi connectivity index (χ4v) is 5.85. The van der Waals surface area contributed by atoms with Crippen molar-refractivity contribution in [3.63, 3.8) is 0 Å². The van der Waals surface area contributed by atoms with Gasteiger partial charge in [0.2, 0.25) is 11.8 Å². The highest BCUT2D eigenvalue weighted by Gasteiger charge is 2.32. The summed E-state index contributed by atoms with van der Waals surface area (Å²) in [7, 11) is -4.21. The van der Waals surface area contributed by atoms with Crippen molar-refractivity contribution < 1.29 is 27.1 Å². The summed E-state index contributed by atoms with van der Waals surface area (Å²) in [6, 6.07) is 26.6. The van der Waals surface area contributed by atoms with E-state index >= 15 is 0 Å². The molecule has 0 spiro atoms. The van der Waals surface area contributed by atoms with Gasteiger partial charge in [-0.25, -0.2) is 12.8 Å². The fraction of sp³-hybridized carbons (Fsp3) is 0.235. The zero-order valence-electron chi connectivity index (χ0n) is 24.9. The summed E-state index contributed by atoms with van der Waals surface area (Å²) in [5.74, 6) is -0.314. The molecule has 0 radical (unpaired) electrons. The molecule has 4 aromatic carbocycles. The van der Waals surface area contributed by atoms with Crippen LogP contribution in [0.15, 0.2) is 108 Å². The summed E-state index contributed by atoms with van der Waals surface area (Å²) in [5.41, 5.74) is 1.71. The van der Waals surface area contributed by atoms with Crippen molar-refractivity contribution in [1.29, 1.82) is 0 Å². The van der Waals surface area contributed by atoms with Crippen LogP contribution in [0.5, 0.6) is 11.5 Å². The van der Waals surface area contributed by atoms with Gasteiger partial charge in [0.25, 0.3) is 10.0 Å². The number of aryl methyl sites for hydroxylation is 1. The first-order chi connectivity index (χ1) is 21.1. The van der Waals surface area contributed by atoms with Crippen LogP contribution in [0.25, 0.3) is 0 Å². The minimum Gasteiger partial charge on any atom is -0.457 e. The Balaban J connectivity index is 1.69. The molecule has 0 bridgehead atoms. The maximum atomic E-state index is 14.0. The normalized spacial score (nSPS) is 11.8. The number of halogens is 1. The van der Waals surface area contributed by atoms with Crippen LogP contribution in [0, 0.1) is 12.7 Å². The second kappa shape index (κ2) is 14.7. The van der Waals surface area contributed by atoms with E-state index in [4.69, 9.17) is 4.74 Å². The van der Waals surface area contributed by atoms with Gasteiger partial charge in [0.15, 0.2) is 0 Å². The Morgan fingerprint density at radius 1 is 0.864 bits per heavy atom. The number of amides is 2. The highest BCUT2D eigenvalue weighted by molar-refractivity contribution is 7.92. The molecule has 2 amide bonds. The summed E-state index contributed by atoms with van der Waals surface area (Å²) in [6.45, 7) is 5.16. The molecule has 1 N–H and O–H groups in total. The average molecular weight is 618 g/mol. The molecule has 0 aliphatic carbocycles. The van der Waals surface area contributed by atoms with E-state index in [1.54, 1.807) is 55.5 Å². The molecule has 8 nitrogen and oxygen atoms in total. The second-order valence-electron chi connectivity index (χ2n) is 10.3. The van der Waals surface area contributed by atoms with Crippen LogP contribution in [0.3, 0.4) is 0 Å². The first kappa shape index (κ1) is 32.2. The van der Waals surface area contributed by atoms with Crippen LogP contribution in [0.2, 0.25) is 0 Å². The molecule has 0 fully saturated rings. The first-order valence-electron chi connectivity index (χ1n) is 14.3. The average Bonchev–Trinajstić information content (AvgIpc) is 3.03. The summed E-state index contributed by atoms with van der Waals surface area (Å²) in [6.07, 6.45) is 0.705. The molecule has 4 rings (SSSR count). The van der Waals surface area contributed by atoms with E-state index in [1.165, 1.54) is 41.3 Å². The Morgan fingerprint density at radius 3 is 2.09 bits per heavy atom. The van der Waals surface area contributed by atoms with E-state index in [0.29, 0.717) is 30.0 Å². The van der Waals surface area contributed by atoms with E-state index in [9.17, 15) is 22.4 Å². The number of anilines is 1. The van der Waals surface area contributed by atoms with Crippen LogP contribution in [-0.4, -0.2) is 44.3 Å². The van der Waals surface area contributed by atoms with Gasteiger partial charge in [-0.05, 0) is 86.5 Å². The summed E-state index contributed by atoms with van der Waals surface area (Å²) < 4.78 is 48.5. The minimum atomic E-state index is -4.21. The zero-order chi connectivity index (χ0) is 31.7. The molecular weight excluding hydrogens is 581 g/mol. The van der Waals surface area contributed by atoms with Gasteiger partial charge in [-0.15, -0.1) is 0 Å². The quantitative estimate of drug-likeness (QED) is 0.197. The molecule has 0 saturated heterocycles. The number of carbonyl (C=O) groups is 2. The van der Waals surface area contributed by atoms with Crippen LogP contribution in [-0.2, 0) is 26.2 Å². The number of benzene rings is 4. The van der Waals surface area contributed by atoms with Gasteiger partial charge >= 0.3 is 0 Å². The molecule has 0 heterocycles. The Bertz CT molecular complexity index is 1650. The molecule has 0 aliphatic rings. The lowest BCUT2D eigenvalue weighted by molar-refractivity contribution is -0.139. The topological polar surface area (TPSA) is 96.0 Å². The van der Waals surface area contributed by atoms with Gasteiger partial charge < -0.3 is 15.0 Å². The SMILES string of the molecule is CCCNC(=O)[C@@H](C)N(Cc1ccc(F)cc1)C(=O)CN(c1ccc(Oc2ccccc2)cc1)S(=O)(=O)c1ccc(C)cc1. The third kappa shape index (κ3) is 8.23. The van der Waals surface area contributed by atoms with Gasteiger partial charge in [0.1, 0.15) is 29.9 Å². The lowest BCUT2D eigenvalue weighted by Gasteiger charge is -2.32. The molecule has 0 aromatic heterocycles. The number of rotatable bonds is 13. The zero-order valence-corrected chi connectivity index (χ0v) is 25.8. The van der Waals surface area contributed by atoms with Gasteiger partial charge in [-0.3, -0.25) is 13.9 Å². The molecule has 4 aromatic rings. The largest absolute Gasteiger partial charge is 0.457 e. The van der Waals surface area contributed by atoms with Crippen molar-refractivity contribution >= 4 is 27.5 Å². The first-order valence-corrected chi connectivity index (χ1v) is 15.8. The Morgan fingerprint density at radius 2 is 1.48 bits per heavy atom. The molecule has 0 aliphatic heterocycles. The Hall–Kier alpha value is -4.70. The van der Waals surface area contributed by atoms with Crippen molar-refractivity contribution in [2.45, 2.75) is 44.7 Å². The number of sulfonamides is 1. The highest BCUT2D eigenvalue weighted by Crippen LogP contribution is 2.29. The predicted molar refractivity (Wildman–Crippen MR) is 168 cm³/mol. The van der Waals surface area contributed by atoms with Crippen molar-refractivity contribution in [2.24, 2.45) is 0 Å². The molecule has 0 saturated carbocycles. The lowest BCUT2D eigenvalue weighted by atomic mass is 10.1. The van der Waals surface area contributed by atoms with Crippen LogP contribution >= 0.6 is 0 Å². The lowest BCUT2D eigenvalue weighted by Crippen LogP contribution is -2.51. The Labute approximate surface area is 258 Å². The number of para-hydroxylation sites is 1. The van der Waals surface area contributed by atoms with Crippen LogP contribution in [0.1, 0.15) is 31.4 Å². The van der Waals surface area contributed by atoms with Crippen molar-refractivity contribution in [2.75, 3.05) is 17.4 Å². The smallest absolute Gasteiger partial charge is 0.264 e. The van der Waals surface area contributed by atoms with Gasteiger partial charge in [-0.2, -0.15) is 0 Å². The fourth-order valence-electron chi connectivity index (χ4n) is 4.44. The van der Waals surface area contributed by atoms with E-state index in [1.807, 2.05) is 32.0 Å². The van der Waals surface area contributed by atoms with E-state index < -0.39 is 34.3 Å². The summed E-state index contributed by atoms with van der Waals surface area (Å²) >= 11 is 0. The second-order valence-corrected chi connectivity index (χ2v) is 12.2. The maximum absolute atomic E-state index is 14.0. The third-order valence-electron chi connectivity index (χ3n) is 6.97. The van der Waals surface area contributed by atoms with Crippen LogP contribution < -0.4 is 14.4 Å². The molecule has 230 valence electrons. The Kier molecular flexibility index (Phi) is 10.7. The monoisotopic (exact) mass is 617 g/mol. The number of ether oxygens (including phenoxy) is 1. The summed E-state index contributed by atoms with van der Waals surface area (Å²) in [5, 5.41) is 2.80. The molecule has 1 atom stereocenters. The van der Waals surface area contributed by atoms with Gasteiger partial charge in [-0.1, -0.05) is 55.0 Å². The molecule has 0 unspecified atom stereocenters. The maximum Gasteiger partial charge on any atom is 0.264 e. The number of hydrogen-bond donors (Lipinski definition) is 1. The van der Waals surface area contributed by atoms with Crippen molar-refractivity contribution in [3.05, 3.63) is 120 Å². The van der Waals surface area contributed by atoms with Crippen molar-refractivity contribution in [3.8, 4) is 11.5 Å². The van der Waals surface area contributed by atoms with Gasteiger partial charge in [0.05, 0.1) is 10.6 Å². The number of carbonyl (C=O) groups excluding carboxylic acids is 2. The number of nitrogens with zero attached hydrogens (tertiary/aromatic N) is 2. The minimum absolute atomic E-state index is 0.0133.